The molecule has 2 nitrogen and oxygen atoms in total. The van der Waals surface area contributed by atoms with Gasteiger partial charge in [-0.15, -0.1) is 0 Å². The molecule has 0 radical (unpaired) electrons. The highest BCUT2D eigenvalue weighted by Gasteiger charge is 2.22. The van der Waals surface area contributed by atoms with E-state index < -0.39 is 0 Å². The van der Waals surface area contributed by atoms with Gasteiger partial charge in [-0.1, -0.05) is 27.7 Å². The van der Waals surface area contributed by atoms with Crippen LogP contribution in [0.15, 0.2) is 18.2 Å². The van der Waals surface area contributed by atoms with E-state index in [4.69, 9.17) is 9.72 Å². The normalized spacial score (nSPS) is 11.9. The number of hydrogen-bond acceptors (Lipinski definition) is 2. The fourth-order valence-electron chi connectivity index (χ4n) is 2.82. The Morgan fingerprint density at radius 2 is 1.89 bits per heavy atom. The van der Waals surface area contributed by atoms with Gasteiger partial charge in [0.25, 0.3) is 0 Å². The lowest BCUT2D eigenvalue weighted by molar-refractivity contribution is 0.415. The van der Waals surface area contributed by atoms with E-state index in [0.717, 1.165) is 23.4 Å². The molecule has 0 aliphatic carbocycles. The Bertz CT molecular complexity index is 609. The van der Waals surface area contributed by atoms with Crippen molar-refractivity contribution in [1.82, 2.24) is 4.98 Å². The van der Waals surface area contributed by atoms with Gasteiger partial charge in [-0.3, -0.25) is 4.98 Å². The maximum Gasteiger partial charge on any atom is 0.119 e. The molecule has 0 unspecified atom stereocenters. The van der Waals surface area contributed by atoms with E-state index in [1.165, 1.54) is 16.5 Å². The summed E-state index contributed by atoms with van der Waals surface area (Å²) >= 11 is 0. The average molecular weight is 257 g/mol. The number of ether oxygens (including phenoxy) is 1. The molecule has 1 heterocycles. The molecule has 0 saturated heterocycles. The summed E-state index contributed by atoms with van der Waals surface area (Å²) in [6.45, 7) is 11.1. The maximum atomic E-state index is 5.37. The van der Waals surface area contributed by atoms with Gasteiger partial charge in [0.2, 0.25) is 0 Å². The van der Waals surface area contributed by atoms with Gasteiger partial charge in [0.15, 0.2) is 0 Å². The zero-order chi connectivity index (χ0) is 14.2. The number of aryl methyl sites for hydroxylation is 1. The van der Waals surface area contributed by atoms with Crippen LogP contribution in [0.4, 0.5) is 0 Å². The smallest absolute Gasteiger partial charge is 0.119 e. The van der Waals surface area contributed by atoms with Crippen LogP contribution in [0.2, 0.25) is 0 Å². The summed E-state index contributed by atoms with van der Waals surface area (Å²) in [4.78, 5) is 4.74. The molecule has 2 heteroatoms. The number of nitrogens with zero attached hydrogens (tertiary/aromatic N) is 1. The van der Waals surface area contributed by atoms with Crippen molar-refractivity contribution in [1.29, 1.82) is 0 Å². The van der Waals surface area contributed by atoms with Crippen LogP contribution in [0.25, 0.3) is 10.9 Å². The molecule has 0 bridgehead atoms. The molecule has 0 saturated carbocycles. The zero-order valence-electron chi connectivity index (χ0n) is 12.8. The van der Waals surface area contributed by atoms with Crippen molar-refractivity contribution in [3.63, 3.8) is 0 Å². The van der Waals surface area contributed by atoms with Crippen LogP contribution in [0, 0.1) is 6.92 Å². The van der Waals surface area contributed by atoms with Gasteiger partial charge < -0.3 is 4.74 Å². The Morgan fingerprint density at radius 3 is 2.42 bits per heavy atom. The highest BCUT2D eigenvalue weighted by atomic mass is 16.5. The molecule has 0 fully saturated rings. The molecule has 1 aromatic heterocycles. The van der Waals surface area contributed by atoms with E-state index >= 15 is 0 Å². The molecule has 0 atom stereocenters. The van der Waals surface area contributed by atoms with E-state index in [0.29, 0.717) is 0 Å². The second-order valence-electron chi connectivity index (χ2n) is 6.04. The van der Waals surface area contributed by atoms with Crippen LogP contribution in [0.5, 0.6) is 5.75 Å². The van der Waals surface area contributed by atoms with Crippen LogP contribution in [0.1, 0.15) is 44.5 Å². The quantitative estimate of drug-likeness (QED) is 0.795. The van der Waals surface area contributed by atoms with Crippen molar-refractivity contribution in [2.75, 3.05) is 7.11 Å². The van der Waals surface area contributed by atoms with Gasteiger partial charge in [0.1, 0.15) is 5.75 Å². The largest absolute Gasteiger partial charge is 0.497 e. The highest BCUT2D eigenvalue weighted by molar-refractivity contribution is 5.86. The first kappa shape index (κ1) is 13.9. The fourth-order valence-corrected chi connectivity index (χ4v) is 2.82. The number of hydrogen-bond donors (Lipinski definition) is 0. The Hall–Kier alpha value is -1.57. The van der Waals surface area contributed by atoms with Gasteiger partial charge in [-0.2, -0.15) is 0 Å². The summed E-state index contributed by atoms with van der Waals surface area (Å²) in [6.07, 6.45) is 1.01. The summed E-state index contributed by atoms with van der Waals surface area (Å²) < 4.78 is 5.37. The molecular formula is C17H23NO. The van der Waals surface area contributed by atoms with Crippen LogP contribution in [-0.2, 0) is 11.8 Å². The van der Waals surface area contributed by atoms with Crippen LogP contribution >= 0.6 is 0 Å². The summed E-state index contributed by atoms with van der Waals surface area (Å²) in [5, 5.41) is 1.22. The van der Waals surface area contributed by atoms with Gasteiger partial charge in [0.05, 0.1) is 12.6 Å². The number of fused-ring (bicyclic) bond motifs is 1. The summed E-state index contributed by atoms with van der Waals surface area (Å²) in [7, 11) is 1.71. The van der Waals surface area contributed by atoms with Crippen molar-refractivity contribution in [2.45, 2.75) is 46.5 Å². The molecule has 19 heavy (non-hydrogen) atoms. The molecule has 0 aliphatic heterocycles. The third-order valence-corrected chi connectivity index (χ3v) is 3.60. The topological polar surface area (TPSA) is 22.1 Å². The van der Waals surface area contributed by atoms with Crippen LogP contribution in [0.3, 0.4) is 0 Å². The Kier molecular flexibility index (Phi) is 3.53. The Morgan fingerprint density at radius 1 is 1.21 bits per heavy atom. The molecule has 2 rings (SSSR count). The number of aromatic nitrogens is 1. The molecular weight excluding hydrogens is 234 g/mol. The van der Waals surface area contributed by atoms with Gasteiger partial charge in [-0.25, -0.2) is 0 Å². The third-order valence-electron chi connectivity index (χ3n) is 3.60. The molecule has 1 aromatic carbocycles. The first-order valence-corrected chi connectivity index (χ1v) is 6.86. The second-order valence-corrected chi connectivity index (χ2v) is 6.04. The van der Waals surface area contributed by atoms with Crippen molar-refractivity contribution < 1.29 is 4.74 Å². The minimum absolute atomic E-state index is 0.101. The number of pyridine rings is 1. The minimum Gasteiger partial charge on any atom is -0.497 e. The van der Waals surface area contributed by atoms with Gasteiger partial charge in [-0.05, 0) is 48.1 Å². The Labute approximate surface area is 115 Å². The summed E-state index contributed by atoms with van der Waals surface area (Å²) in [5.74, 6) is 0.894. The lowest BCUT2D eigenvalue weighted by Gasteiger charge is -2.26. The lowest BCUT2D eigenvalue weighted by Crippen LogP contribution is -2.16. The number of methoxy groups -OCH3 is 1. The molecule has 102 valence electrons. The molecule has 0 amide bonds. The van der Waals surface area contributed by atoms with E-state index in [1.54, 1.807) is 7.11 Å². The predicted molar refractivity (Wildman–Crippen MR) is 81.1 cm³/mol. The highest BCUT2D eigenvalue weighted by Crippen LogP contribution is 2.35. The molecule has 0 N–H and O–H groups in total. The number of rotatable bonds is 2. The summed E-state index contributed by atoms with van der Waals surface area (Å²) in [5.41, 5.74) is 5.07. The predicted octanol–water partition coefficient (Wildman–Crippen LogP) is 4.41. The van der Waals surface area contributed by atoms with E-state index in [1.807, 2.05) is 6.07 Å². The summed E-state index contributed by atoms with van der Waals surface area (Å²) in [6, 6.07) is 6.14. The van der Waals surface area contributed by atoms with Gasteiger partial charge >= 0.3 is 0 Å². The minimum atomic E-state index is 0.101. The fraction of sp³-hybridized carbons (Fsp3) is 0.471. The maximum absolute atomic E-state index is 5.37. The Balaban J connectivity index is 2.91. The van der Waals surface area contributed by atoms with E-state index in [-0.39, 0.29) is 5.41 Å². The number of benzene rings is 1. The zero-order valence-corrected chi connectivity index (χ0v) is 12.8. The monoisotopic (exact) mass is 257 g/mol. The van der Waals surface area contributed by atoms with E-state index in [9.17, 15) is 0 Å². The second kappa shape index (κ2) is 4.84. The first-order valence-electron chi connectivity index (χ1n) is 6.86. The van der Waals surface area contributed by atoms with Crippen LogP contribution < -0.4 is 4.74 Å². The third kappa shape index (κ3) is 2.44. The molecule has 0 spiro atoms. The van der Waals surface area contributed by atoms with Crippen molar-refractivity contribution in [3.05, 3.63) is 35.0 Å². The molecule has 0 aliphatic rings. The van der Waals surface area contributed by atoms with Crippen molar-refractivity contribution in [2.24, 2.45) is 0 Å². The standard InChI is InChI=1S/C17H23NO/c1-7-13-11(2)18-15-9-8-12(19-6)10-14(15)16(13)17(3,4)5/h8-10H,7H2,1-6H3. The SMILES string of the molecule is CCc1c(C)nc2ccc(OC)cc2c1C(C)(C)C. The lowest BCUT2D eigenvalue weighted by atomic mass is 9.80. The van der Waals surface area contributed by atoms with Crippen LogP contribution in [-0.4, -0.2) is 12.1 Å². The van der Waals surface area contributed by atoms with E-state index in [2.05, 4.69) is 46.8 Å². The van der Waals surface area contributed by atoms with Gasteiger partial charge in [0, 0.05) is 11.1 Å². The van der Waals surface area contributed by atoms with Crippen molar-refractivity contribution >= 4 is 10.9 Å². The van der Waals surface area contributed by atoms with Crippen molar-refractivity contribution in [3.8, 4) is 5.75 Å². The molecule has 2 aromatic rings. The first-order chi connectivity index (χ1) is 8.88. The average Bonchev–Trinajstić information content (AvgIpc) is 2.35.